The molecule has 0 N–H and O–H groups in total. The summed E-state index contributed by atoms with van der Waals surface area (Å²) in [5, 5.41) is 0. The second kappa shape index (κ2) is 8.09. The molecule has 16 heavy (non-hydrogen) atoms. The van der Waals surface area contributed by atoms with Crippen LogP contribution in [0.15, 0.2) is 34.9 Å². The highest BCUT2D eigenvalue weighted by atomic mass is 16.1. The van der Waals surface area contributed by atoms with Gasteiger partial charge in [0.25, 0.3) is 0 Å². The maximum Gasteiger partial charge on any atom is 0.145 e. The summed E-state index contributed by atoms with van der Waals surface area (Å²) in [4.78, 5) is 10.6. The summed E-state index contributed by atoms with van der Waals surface area (Å²) in [5.74, 6) is 0.440. The molecule has 0 aromatic rings. The van der Waals surface area contributed by atoms with Crippen molar-refractivity contribution >= 4 is 6.29 Å². The van der Waals surface area contributed by atoms with Crippen molar-refractivity contribution in [1.29, 1.82) is 0 Å². The SMILES string of the molecule is CC(C)=CCC(/C=C(\C)C=O)CC=C(C)C. The molecule has 0 aromatic heterocycles. The first-order valence-electron chi connectivity index (χ1n) is 5.86. The molecule has 1 nitrogen and oxygen atoms in total. The first kappa shape index (κ1) is 14.9. The second-order valence-corrected chi connectivity index (χ2v) is 4.82. The van der Waals surface area contributed by atoms with Crippen LogP contribution in [-0.4, -0.2) is 6.29 Å². The number of carbonyl (C=O) groups excluding carboxylic acids is 1. The Morgan fingerprint density at radius 1 is 0.938 bits per heavy atom. The van der Waals surface area contributed by atoms with Gasteiger partial charge >= 0.3 is 0 Å². The van der Waals surface area contributed by atoms with Crippen LogP contribution in [0.25, 0.3) is 0 Å². The van der Waals surface area contributed by atoms with Gasteiger partial charge in [-0.25, -0.2) is 0 Å². The predicted molar refractivity (Wildman–Crippen MR) is 71.4 cm³/mol. The highest BCUT2D eigenvalue weighted by Gasteiger charge is 2.02. The fourth-order valence-corrected chi connectivity index (χ4v) is 1.42. The molecule has 0 fully saturated rings. The first-order chi connectivity index (χ1) is 7.45. The van der Waals surface area contributed by atoms with E-state index in [2.05, 4.69) is 45.9 Å². The monoisotopic (exact) mass is 220 g/mol. The van der Waals surface area contributed by atoms with Crippen LogP contribution in [0.4, 0.5) is 0 Å². The number of hydrogen-bond donors (Lipinski definition) is 0. The van der Waals surface area contributed by atoms with Crippen molar-refractivity contribution in [1.82, 2.24) is 0 Å². The molecule has 0 unspecified atom stereocenters. The topological polar surface area (TPSA) is 17.1 Å². The summed E-state index contributed by atoms with van der Waals surface area (Å²) >= 11 is 0. The van der Waals surface area contributed by atoms with E-state index < -0.39 is 0 Å². The van der Waals surface area contributed by atoms with Gasteiger partial charge in [-0.1, -0.05) is 29.4 Å². The summed E-state index contributed by atoms with van der Waals surface area (Å²) in [6, 6.07) is 0. The first-order valence-corrected chi connectivity index (χ1v) is 5.86. The molecular formula is C15H24O. The third-order valence-electron chi connectivity index (χ3n) is 2.34. The maximum atomic E-state index is 10.6. The van der Waals surface area contributed by atoms with Crippen LogP contribution in [0.1, 0.15) is 47.5 Å². The summed E-state index contributed by atoms with van der Waals surface area (Å²) in [6.45, 7) is 10.3. The Labute approximate surface area is 99.9 Å². The Morgan fingerprint density at radius 3 is 1.69 bits per heavy atom. The van der Waals surface area contributed by atoms with Crippen LogP contribution >= 0.6 is 0 Å². The Hall–Kier alpha value is -1.11. The van der Waals surface area contributed by atoms with Crippen molar-refractivity contribution in [3.8, 4) is 0 Å². The van der Waals surface area contributed by atoms with E-state index in [4.69, 9.17) is 0 Å². The fourth-order valence-electron chi connectivity index (χ4n) is 1.42. The van der Waals surface area contributed by atoms with E-state index in [0.717, 1.165) is 24.7 Å². The summed E-state index contributed by atoms with van der Waals surface area (Å²) in [5.41, 5.74) is 3.49. The van der Waals surface area contributed by atoms with Crippen molar-refractivity contribution in [2.75, 3.05) is 0 Å². The quantitative estimate of drug-likeness (QED) is 0.367. The van der Waals surface area contributed by atoms with Gasteiger partial charge in [0.1, 0.15) is 6.29 Å². The second-order valence-electron chi connectivity index (χ2n) is 4.82. The molecule has 0 aliphatic carbocycles. The third kappa shape index (κ3) is 8.22. The minimum absolute atomic E-state index is 0.440. The lowest BCUT2D eigenvalue weighted by Gasteiger charge is -2.09. The van der Waals surface area contributed by atoms with Crippen molar-refractivity contribution < 1.29 is 4.79 Å². The Kier molecular flexibility index (Phi) is 7.53. The van der Waals surface area contributed by atoms with Gasteiger partial charge in [-0.2, -0.15) is 0 Å². The number of hydrogen-bond acceptors (Lipinski definition) is 1. The largest absolute Gasteiger partial charge is 0.298 e. The van der Waals surface area contributed by atoms with E-state index in [9.17, 15) is 4.79 Å². The lowest BCUT2D eigenvalue weighted by atomic mass is 9.96. The molecular weight excluding hydrogens is 196 g/mol. The van der Waals surface area contributed by atoms with Crippen molar-refractivity contribution in [3.63, 3.8) is 0 Å². The zero-order valence-corrected chi connectivity index (χ0v) is 11.2. The molecule has 0 aliphatic rings. The smallest absolute Gasteiger partial charge is 0.145 e. The zero-order valence-electron chi connectivity index (χ0n) is 11.2. The molecule has 0 bridgehead atoms. The molecule has 0 spiro atoms. The van der Waals surface area contributed by atoms with Crippen LogP contribution in [0, 0.1) is 5.92 Å². The summed E-state index contributed by atoms with van der Waals surface area (Å²) in [7, 11) is 0. The standard InChI is InChI=1S/C15H24O/c1-12(2)6-8-15(9-7-13(3)4)10-14(5)11-16/h6-7,10-11,15H,8-9H2,1-5H3/b14-10+. The van der Waals surface area contributed by atoms with Gasteiger partial charge in [-0.3, -0.25) is 4.79 Å². The fraction of sp³-hybridized carbons (Fsp3) is 0.533. The van der Waals surface area contributed by atoms with Gasteiger partial charge in [0.2, 0.25) is 0 Å². The van der Waals surface area contributed by atoms with Gasteiger partial charge in [-0.15, -0.1) is 0 Å². The van der Waals surface area contributed by atoms with Crippen LogP contribution in [0.2, 0.25) is 0 Å². The van der Waals surface area contributed by atoms with Gasteiger partial charge in [0.05, 0.1) is 0 Å². The van der Waals surface area contributed by atoms with E-state index >= 15 is 0 Å². The average Bonchev–Trinajstić information content (AvgIpc) is 2.21. The Balaban J connectivity index is 4.57. The Bertz CT molecular complexity index is 277. The van der Waals surface area contributed by atoms with Crippen molar-refractivity contribution in [2.45, 2.75) is 47.5 Å². The van der Waals surface area contributed by atoms with Crippen molar-refractivity contribution in [2.24, 2.45) is 5.92 Å². The molecule has 0 saturated heterocycles. The van der Waals surface area contributed by atoms with Gasteiger partial charge in [-0.05, 0) is 59.0 Å². The summed E-state index contributed by atoms with van der Waals surface area (Å²) in [6.07, 6.45) is 9.49. The third-order valence-corrected chi connectivity index (χ3v) is 2.34. The Morgan fingerprint density at radius 2 is 1.38 bits per heavy atom. The molecule has 1 heteroatoms. The normalized spacial score (nSPS) is 11.2. The number of aldehydes is 1. The molecule has 0 radical (unpaired) electrons. The van der Waals surface area contributed by atoms with E-state index in [1.54, 1.807) is 0 Å². The molecule has 90 valence electrons. The summed E-state index contributed by atoms with van der Waals surface area (Å²) < 4.78 is 0. The molecule has 0 heterocycles. The van der Waals surface area contributed by atoms with Crippen molar-refractivity contribution in [3.05, 3.63) is 34.9 Å². The van der Waals surface area contributed by atoms with Gasteiger partial charge in [0.15, 0.2) is 0 Å². The van der Waals surface area contributed by atoms with E-state index in [1.165, 1.54) is 11.1 Å². The number of carbonyl (C=O) groups is 1. The van der Waals surface area contributed by atoms with Gasteiger partial charge in [0, 0.05) is 0 Å². The van der Waals surface area contributed by atoms with E-state index in [1.807, 2.05) is 6.92 Å². The lowest BCUT2D eigenvalue weighted by molar-refractivity contribution is -0.104. The maximum absolute atomic E-state index is 10.6. The van der Waals surface area contributed by atoms with Gasteiger partial charge < -0.3 is 0 Å². The van der Waals surface area contributed by atoms with Crippen LogP contribution < -0.4 is 0 Å². The molecule has 0 amide bonds. The van der Waals surface area contributed by atoms with E-state index in [0.29, 0.717) is 5.92 Å². The molecule has 0 rings (SSSR count). The molecule has 0 atom stereocenters. The lowest BCUT2D eigenvalue weighted by Crippen LogP contribution is -1.96. The molecule has 0 saturated carbocycles. The zero-order chi connectivity index (χ0) is 12.6. The van der Waals surface area contributed by atoms with E-state index in [-0.39, 0.29) is 0 Å². The van der Waals surface area contributed by atoms with Crippen LogP contribution in [0.3, 0.4) is 0 Å². The minimum atomic E-state index is 0.440. The number of rotatable bonds is 6. The number of allylic oxidation sites excluding steroid dienone is 6. The van der Waals surface area contributed by atoms with Crippen LogP contribution in [-0.2, 0) is 4.79 Å². The highest BCUT2D eigenvalue weighted by Crippen LogP contribution is 2.16. The molecule has 0 aliphatic heterocycles. The predicted octanol–water partition coefficient (Wildman–Crippen LogP) is 4.46. The molecule has 0 aromatic carbocycles. The highest BCUT2D eigenvalue weighted by molar-refractivity contribution is 5.72. The average molecular weight is 220 g/mol. The minimum Gasteiger partial charge on any atom is -0.298 e. The van der Waals surface area contributed by atoms with Crippen LogP contribution in [0.5, 0.6) is 0 Å².